The summed E-state index contributed by atoms with van der Waals surface area (Å²) in [5, 5.41) is 11.2. The van der Waals surface area contributed by atoms with Gasteiger partial charge in [-0.2, -0.15) is 0 Å². The van der Waals surface area contributed by atoms with Crippen LogP contribution in [0.5, 0.6) is 0 Å². The maximum Gasteiger partial charge on any atom is 0.225 e. The zero-order chi connectivity index (χ0) is 19.3. The van der Waals surface area contributed by atoms with E-state index in [0.29, 0.717) is 11.1 Å². The third kappa shape index (κ3) is 3.82. The number of rotatable bonds is 5. The van der Waals surface area contributed by atoms with E-state index >= 15 is 0 Å². The van der Waals surface area contributed by atoms with Crippen molar-refractivity contribution in [1.29, 1.82) is 0 Å². The van der Waals surface area contributed by atoms with Crippen LogP contribution in [0.2, 0.25) is 5.11 Å². The summed E-state index contributed by atoms with van der Waals surface area (Å²) in [6, 6.07) is 3.07. The van der Waals surface area contributed by atoms with Gasteiger partial charge in [-0.3, -0.25) is 10.1 Å². The number of nitrogens with one attached hydrogen (secondary N) is 1. The van der Waals surface area contributed by atoms with Crippen molar-refractivity contribution in [2.24, 2.45) is 0 Å². The lowest BCUT2D eigenvalue weighted by atomic mass is 9.41. The number of amides is 1. The highest BCUT2D eigenvalue weighted by Gasteiger charge is 2.29. The molecule has 0 spiro atoms. The summed E-state index contributed by atoms with van der Waals surface area (Å²) in [6.45, 7) is 3.17. The van der Waals surface area contributed by atoms with Crippen LogP contribution >= 0.6 is 0 Å². The number of hydrogen-bond donors (Lipinski definition) is 2. The van der Waals surface area contributed by atoms with E-state index in [1.54, 1.807) is 24.5 Å². The Hall–Kier alpha value is -1.76. The van der Waals surface area contributed by atoms with E-state index in [-0.39, 0.29) is 23.9 Å². The van der Waals surface area contributed by atoms with Crippen LogP contribution in [0.4, 0.5) is 10.3 Å². The standard InChI is InChI=1S/C17H19B3FN3O2/c1-16(2,26)9-6-11(21)14-12(7-9)24(10-4-3-5-10)15(23-14)22-13(25)8-17(18,19)20/h6-7,10,26H,3-5,8H2,1-2H3,(H,22,23,25). The van der Waals surface area contributed by atoms with Gasteiger partial charge >= 0.3 is 0 Å². The molecule has 1 aromatic heterocycles. The normalized spacial score (nSPS) is 15.8. The average molecular weight is 349 g/mol. The van der Waals surface area contributed by atoms with Gasteiger partial charge in [0.05, 0.1) is 34.7 Å². The lowest BCUT2D eigenvalue weighted by molar-refractivity contribution is -0.116. The minimum Gasteiger partial charge on any atom is -0.386 e. The number of fused-ring (bicyclic) bond motifs is 1. The van der Waals surface area contributed by atoms with Gasteiger partial charge in [-0.1, -0.05) is 0 Å². The predicted octanol–water partition coefficient (Wildman–Crippen LogP) is 2.04. The summed E-state index contributed by atoms with van der Waals surface area (Å²) in [7, 11) is 16.4. The maximum atomic E-state index is 14.6. The van der Waals surface area contributed by atoms with Crippen molar-refractivity contribution < 1.29 is 14.3 Å². The molecule has 1 amide bonds. The van der Waals surface area contributed by atoms with Crippen LogP contribution in [0.15, 0.2) is 12.1 Å². The van der Waals surface area contributed by atoms with Crippen LogP contribution < -0.4 is 5.32 Å². The second kappa shape index (κ2) is 6.45. The molecular weight excluding hydrogens is 330 g/mol. The number of carbonyl (C=O) groups excluding carboxylic acids is 1. The zero-order valence-electron chi connectivity index (χ0n) is 14.9. The molecule has 0 atom stereocenters. The van der Waals surface area contributed by atoms with Gasteiger partial charge in [0, 0.05) is 12.5 Å². The average Bonchev–Trinajstić information content (AvgIpc) is 2.73. The van der Waals surface area contributed by atoms with Gasteiger partial charge in [0.25, 0.3) is 0 Å². The third-order valence-corrected chi connectivity index (χ3v) is 4.61. The Morgan fingerprint density at radius 1 is 1.38 bits per heavy atom. The van der Waals surface area contributed by atoms with Crippen molar-refractivity contribution in [2.45, 2.75) is 56.3 Å². The molecule has 0 aliphatic heterocycles. The molecule has 1 aromatic carbocycles. The van der Waals surface area contributed by atoms with E-state index in [4.69, 9.17) is 23.5 Å². The predicted molar refractivity (Wildman–Crippen MR) is 101 cm³/mol. The minimum absolute atomic E-state index is 0.102. The Morgan fingerprint density at radius 3 is 2.54 bits per heavy atom. The first kappa shape index (κ1) is 19.0. The Bertz CT molecular complexity index is 852. The van der Waals surface area contributed by atoms with Crippen molar-refractivity contribution in [2.75, 3.05) is 5.32 Å². The molecule has 6 radical (unpaired) electrons. The van der Waals surface area contributed by atoms with Gasteiger partial charge in [-0.05, 0) is 50.8 Å². The number of anilines is 1. The maximum absolute atomic E-state index is 14.6. The summed E-state index contributed by atoms with van der Waals surface area (Å²) in [6.07, 6.45) is 2.54. The molecule has 1 aliphatic rings. The van der Waals surface area contributed by atoms with Crippen LogP contribution in [0.3, 0.4) is 0 Å². The van der Waals surface area contributed by atoms with Crippen LogP contribution in [-0.2, 0) is 10.4 Å². The van der Waals surface area contributed by atoms with Crippen molar-refractivity contribution in [3.63, 3.8) is 0 Å². The highest BCUT2D eigenvalue weighted by Crippen LogP contribution is 2.39. The minimum atomic E-state index is -1.64. The molecule has 1 saturated carbocycles. The van der Waals surface area contributed by atoms with Gasteiger partial charge in [0.15, 0.2) is 5.82 Å². The number of halogens is 1. The topological polar surface area (TPSA) is 67.2 Å². The summed E-state index contributed by atoms with van der Waals surface area (Å²) < 4.78 is 16.4. The first-order chi connectivity index (χ1) is 12.0. The van der Waals surface area contributed by atoms with E-state index < -0.39 is 22.4 Å². The molecule has 1 aliphatic carbocycles. The van der Waals surface area contributed by atoms with Gasteiger partial charge in [-0.25, -0.2) is 9.37 Å². The monoisotopic (exact) mass is 349 g/mol. The summed E-state index contributed by atoms with van der Waals surface area (Å²) in [5.41, 5.74) is -0.0992. The molecule has 1 fully saturated rings. The van der Waals surface area contributed by atoms with E-state index in [2.05, 4.69) is 10.3 Å². The quantitative estimate of drug-likeness (QED) is 0.812. The smallest absolute Gasteiger partial charge is 0.225 e. The van der Waals surface area contributed by atoms with E-state index in [0.717, 1.165) is 19.3 Å². The second-order valence-corrected chi connectivity index (χ2v) is 7.61. The van der Waals surface area contributed by atoms with Crippen molar-refractivity contribution in [1.82, 2.24) is 9.55 Å². The lowest BCUT2D eigenvalue weighted by Crippen LogP contribution is -2.26. The molecule has 130 valence electrons. The summed E-state index contributed by atoms with van der Waals surface area (Å²) in [4.78, 5) is 16.4. The number of aliphatic hydroxyl groups is 1. The van der Waals surface area contributed by atoms with Gasteiger partial charge < -0.3 is 9.67 Å². The fourth-order valence-corrected chi connectivity index (χ4v) is 3.06. The molecule has 3 rings (SSSR count). The van der Waals surface area contributed by atoms with E-state index in [1.165, 1.54) is 6.07 Å². The van der Waals surface area contributed by atoms with Crippen LogP contribution in [0.25, 0.3) is 11.0 Å². The van der Waals surface area contributed by atoms with Crippen LogP contribution in [0, 0.1) is 5.82 Å². The fourth-order valence-electron chi connectivity index (χ4n) is 3.06. The third-order valence-electron chi connectivity index (χ3n) is 4.61. The molecule has 5 nitrogen and oxygen atoms in total. The van der Waals surface area contributed by atoms with Gasteiger partial charge in [0.2, 0.25) is 11.9 Å². The largest absolute Gasteiger partial charge is 0.386 e. The van der Waals surface area contributed by atoms with E-state index in [1.807, 2.05) is 0 Å². The lowest BCUT2D eigenvalue weighted by Gasteiger charge is -2.29. The molecule has 2 aromatic rings. The molecule has 0 saturated heterocycles. The number of benzene rings is 1. The number of aromatic nitrogens is 2. The zero-order valence-corrected chi connectivity index (χ0v) is 14.9. The van der Waals surface area contributed by atoms with Gasteiger partial charge in [0.1, 0.15) is 5.52 Å². The Labute approximate surface area is 156 Å². The number of imidazole rings is 1. The summed E-state index contributed by atoms with van der Waals surface area (Å²) in [5.74, 6) is -0.832. The van der Waals surface area contributed by atoms with Crippen molar-refractivity contribution in [3.05, 3.63) is 23.5 Å². The SMILES string of the molecule is [B]C([B])([B])CC(=O)Nc1nc2c(F)cc(C(C)(C)O)cc2n1C1CCC1. The fraction of sp³-hybridized carbons (Fsp3) is 0.529. The van der Waals surface area contributed by atoms with Crippen LogP contribution in [-0.4, -0.2) is 44.1 Å². The van der Waals surface area contributed by atoms with E-state index in [9.17, 15) is 14.3 Å². The molecule has 26 heavy (non-hydrogen) atoms. The molecule has 2 N–H and O–H groups in total. The van der Waals surface area contributed by atoms with Crippen molar-refractivity contribution >= 4 is 46.4 Å². The Kier molecular flexibility index (Phi) is 4.71. The number of nitrogens with zero attached hydrogens (tertiary/aromatic N) is 2. The summed E-state index contributed by atoms with van der Waals surface area (Å²) >= 11 is 0. The Balaban J connectivity index is 2.08. The molecule has 9 heteroatoms. The number of hydrogen-bond acceptors (Lipinski definition) is 3. The molecule has 0 unspecified atom stereocenters. The first-order valence-corrected chi connectivity index (χ1v) is 8.56. The Morgan fingerprint density at radius 2 is 2.04 bits per heavy atom. The van der Waals surface area contributed by atoms with Crippen LogP contribution in [0.1, 0.15) is 51.1 Å². The molecular formula is C17H19B3FN3O2. The van der Waals surface area contributed by atoms with Gasteiger partial charge in [-0.15, -0.1) is 5.11 Å². The second-order valence-electron chi connectivity index (χ2n) is 7.61. The highest BCUT2D eigenvalue weighted by molar-refractivity contribution is 6.59. The van der Waals surface area contributed by atoms with Crippen molar-refractivity contribution in [3.8, 4) is 0 Å². The highest BCUT2D eigenvalue weighted by atomic mass is 19.1. The molecule has 0 bridgehead atoms. The first-order valence-electron chi connectivity index (χ1n) is 8.56. The molecule has 1 heterocycles. The number of carbonyl (C=O) groups is 1.